The number of rotatable bonds is 13. The Hall–Kier alpha value is -3.88. The van der Waals surface area contributed by atoms with Crippen molar-refractivity contribution >= 4 is 45.9 Å². The van der Waals surface area contributed by atoms with Crippen molar-refractivity contribution in [2.45, 2.75) is 54.7 Å². The summed E-state index contributed by atoms with van der Waals surface area (Å²) in [5, 5.41) is 12.9. The number of amides is 3. The number of hydrogen-bond donors (Lipinski definition) is 1. The van der Waals surface area contributed by atoms with Crippen LogP contribution in [-0.2, 0) is 20.8 Å². The van der Waals surface area contributed by atoms with Crippen molar-refractivity contribution in [3.05, 3.63) is 104 Å². The summed E-state index contributed by atoms with van der Waals surface area (Å²) >= 11 is 1.66. The number of likely N-dealkylation sites (tertiary alicyclic amines) is 1. The fraction of sp³-hybridized carbons (Fsp3) is 0.395. The first-order valence-corrected chi connectivity index (χ1v) is 17.2. The number of thioether (sulfide) groups is 1. The van der Waals surface area contributed by atoms with Crippen LogP contribution in [0.15, 0.2) is 98.1 Å². The Morgan fingerprint density at radius 3 is 2.43 bits per heavy atom. The Morgan fingerprint density at radius 1 is 1.02 bits per heavy atom. The lowest BCUT2D eigenvalue weighted by Gasteiger charge is -2.39. The quantitative estimate of drug-likeness (QED) is 0.251. The number of hydrogen-bond acceptors (Lipinski definition) is 5. The average Bonchev–Trinajstić information content (AvgIpc) is 3.73. The van der Waals surface area contributed by atoms with Gasteiger partial charge in [0, 0.05) is 30.6 Å². The molecule has 0 radical (unpaired) electrons. The second kappa shape index (κ2) is 13.5. The van der Waals surface area contributed by atoms with Crippen LogP contribution in [0.5, 0.6) is 0 Å². The van der Waals surface area contributed by atoms with E-state index < -0.39 is 28.7 Å². The molecule has 2 unspecified atom stereocenters. The van der Waals surface area contributed by atoms with Crippen molar-refractivity contribution in [3.63, 3.8) is 0 Å². The van der Waals surface area contributed by atoms with E-state index in [1.54, 1.807) is 33.7 Å². The van der Waals surface area contributed by atoms with E-state index in [4.69, 9.17) is 0 Å². The van der Waals surface area contributed by atoms with Crippen molar-refractivity contribution < 1.29 is 19.5 Å². The molecule has 3 aromatic rings. The van der Waals surface area contributed by atoms with Gasteiger partial charge in [0.25, 0.3) is 5.91 Å². The molecule has 0 saturated carbocycles. The molecule has 3 fully saturated rings. The van der Waals surface area contributed by atoms with E-state index in [1.807, 2.05) is 84.6 Å². The molecular formula is C38H43N3O4S. The molecule has 8 heteroatoms. The predicted octanol–water partition coefficient (Wildman–Crippen LogP) is 5.48. The largest absolute Gasteiger partial charge is 0.394 e. The van der Waals surface area contributed by atoms with Crippen molar-refractivity contribution in [2.24, 2.45) is 11.8 Å². The molecule has 46 heavy (non-hydrogen) atoms. The summed E-state index contributed by atoms with van der Waals surface area (Å²) in [6, 6.07) is 22.3. The molecule has 6 rings (SSSR count). The fourth-order valence-electron chi connectivity index (χ4n) is 8.05. The first-order chi connectivity index (χ1) is 22.4. The number of aliphatic hydroxyl groups is 1. The molecular weight excluding hydrogens is 595 g/mol. The molecule has 240 valence electrons. The molecule has 6 atom stereocenters. The van der Waals surface area contributed by atoms with Gasteiger partial charge in [0.15, 0.2) is 0 Å². The number of fused-ring (bicyclic) bond motifs is 2. The molecule has 7 nitrogen and oxygen atoms in total. The highest BCUT2D eigenvalue weighted by Gasteiger charge is 2.74. The van der Waals surface area contributed by atoms with Crippen LogP contribution in [-0.4, -0.2) is 80.9 Å². The first kappa shape index (κ1) is 32.1. The minimum absolute atomic E-state index is 0.0340. The highest BCUT2D eigenvalue weighted by molar-refractivity contribution is 8.02. The fourth-order valence-corrected chi connectivity index (χ4v) is 10.2. The van der Waals surface area contributed by atoms with Gasteiger partial charge in [-0.25, -0.2) is 0 Å². The van der Waals surface area contributed by atoms with E-state index in [9.17, 15) is 14.7 Å². The van der Waals surface area contributed by atoms with Crippen LogP contribution >= 0.6 is 11.8 Å². The zero-order valence-corrected chi connectivity index (χ0v) is 27.3. The van der Waals surface area contributed by atoms with E-state index in [2.05, 4.69) is 13.2 Å². The number of benzene rings is 3. The molecule has 1 spiro atoms. The predicted molar refractivity (Wildman–Crippen MR) is 186 cm³/mol. The third-order valence-corrected chi connectivity index (χ3v) is 11.9. The van der Waals surface area contributed by atoms with Crippen LogP contribution in [0, 0.1) is 11.8 Å². The minimum atomic E-state index is -0.843. The Morgan fingerprint density at radius 2 is 1.74 bits per heavy atom. The maximum absolute atomic E-state index is 15.1. The van der Waals surface area contributed by atoms with Gasteiger partial charge in [0.2, 0.25) is 11.8 Å². The van der Waals surface area contributed by atoms with Gasteiger partial charge in [-0.15, -0.1) is 24.9 Å². The first-order valence-electron chi connectivity index (χ1n) is 16.3. The summed E-state index contributed by atoms with van der Waals surface area (Å²) in [6.45, 7) is 10.8. The van der Waals surface area contributed by atoms with E-state index in [0.29, 0.717) is 25.9 Å². The summed E-state index contributed by atoms with van der Waals surface area (Å²) in [6.07, 6.45) is 6.06. The molecule has 3 amide bonds. The zero-order valence-electron chi connectivity index (χ0n) is 26.5. The molecule has 3 aliphatic rings. The maximum atomic E-state index is 15.1. The van der Waals surface area contributed by atoms with Crippen molar-refractivity contribution in [3.8, 4) is 0 Å². The summed E-state index contributed by atoms with van der Waals surface area (Å²) in [5.74, 6) is -1.60. The van der Waals surface area contributed by atoms with Gasteiger partial charge >= 0.3 is 0 Å². The van der Waals surface area contributed by atoms with Crippen molar-refractivity contribution in [2.75, 3.05) is 31.1 Å². The van der Waals surface area contributed by atoms with Crippen LogP contribution in [0.3, 0.4) is 0 Å². The van der Waals surface area contributed by atoms with Crippen molar-refractivity contribution in [1.82, 2.24) is 9.80 Å². The number of nitrogens with zero attached hydrogens (tertiary/aromatic N) is 3. The van der Waals surface area contributed by atoms with Gasteiger partial charge in [-0.1, -0.05) is 79.7 Å². The lowest BCUT2D eigenvalue weighted by atomic mass is 9.70. The minimum Gasteiger partial charge on any atom is -0.394 e. The van der Waals surface area contributed by atoms with E-state index in [1.165, 1.54) is 0 Å². The average molecular weight is 638 g/mol. The lowest BCUT2D eigenvalue weighted by molar-refractivity contribution is -0.145. The van der Waals surface area contributed by atoms with Crippen LogP contribution < -0.4 is 4.90 Å². The number of carbonyl (C=O) groups is 3. The Kier molecular flexibility index (Phi) is 9.39. The zero-order chi connectivity index (χ0) is 32.4. The number of carbonyl (C=O) groups excluding carboxylic acids is 3. The highest BCUT2D eigenvalue weighted by Crippen LogP contribution is 2.67. The molecule has 3 aliphatic heterocycles. The van der Waals surface area contributed by atoms with E-state index in [0.717, 1.165) is 34.9 Å². The summed E-state index contributed by atoms with van der Waals surface area (Å²) in [5.41, 5.74) is 1.70. The highest BCUT2D eigenvalue weighted by atomic mass is 32.2. The topological polar surface area (TPSA) is 81.2 Å². The third kappa shape index (κ3) is 5.45. The SMILES string of the molecule is C=CCN(CCC)C(=O)[C@@H]1[C@H]2C(=O)N([C@@H](CO)Cc3ccccc3)C(C(=O)N(CC=C)c3ccc4ccccc4c3)C23CC[C@H]1S3. The lowest BCUT2D eigenvalue weighted by Crippen LogP contribution is -2.58. The number of anilines is 1. The number of aliphatic hydroxyl groups excluding tert-OH is 1. The summed E-state index contributed by atoms with van der Waals surface area (Å²) < 4.78 is -0.772. The summed E-state index contributed by atoms with van der Waals surface area (Å²) in [7, 11) is 0. The standard InChI is InChI=1S/C38H43N3O4S/c1-4-20-39(21-5-2)35(43)32-31-18-19-38(46-31)33(32)36(44)41(30(25-42)23-26-12-8-7-9-13-26)34(38)37(45)40(22-6-3)29-17-16-27-14-10-11-15-28(27)24-29/h4,6-17,24,30-34,42H,1,3,5,18-23,25H2,2H3/t30-,31-,32+,33+,34?,38?/m1/s1. The second-order valence-corrected chi connectivity index (χ2v) is 14.3. The van der Waals surface area contributed by atoms with E-state index in [-0.39, 0.29) is 36.1 Å². The third-order valence-electron chi connectivity index (χ3n) is 9.95. The van der Waals surface area contributed by atoms with Gasteiger partial charge in [-0.05, 0) is 54.2 Å². The summed E-state index contributed by atoms with van der Waals surface area (Å²) in [4.78, 5) is 49.4. The van der Waals surface area contributed by atoms with Gasteiger partial charge in [-0.2, -0.15) is 0 Å². The van der Waals surface area contributed by atoms with Crippen molar-refractivity contribution in [1.29, 1.82) is 0 Å². The van der Waals surface area contributed by atoms with Gasteiger partial charge in [0.1, 0.15) is 6.04 Å². The molecule has 0 aliphatic carbocycles. The van der Waals surface area contributed by atoms with Crippen LogP contribution in [0.4, 0.5) is 5.69 Å². The maximum Gasteiger partial charge on any atom is 0.251 e. The second-order valence-electron chi connectivity index (χ2n) is 12.7. The van der Waals surface area contributed by atoms with Crippen LogP contribution in [0.25, 0.3) is 10.8 Å². The van der Waals surface area contributed by atoms with Crippen LogP contribution in [0.1, 0.15) is 31.7 Å². The van der Waals surface area contributed by atoms with Crippen LogP contribution in [0.2, 0.25) is 0 Å². The molecule has 3 aromatic carbocycles. The molecule has 2 bridgehead atoms. The van der Waals surface area contributed by atoms with Gasteiger partial charge < -0.3 is 19.8 Å². The normalized spacial score (nSPS) is 25.3. The van der Waals surface area contributed by atoms with E-state index >= 15 is 4.79 Å². The Bertz CT molecular complexity index is 1630. The Labute approximate surface area is 275 Å². The smallest absolute Gasteiger partial charge is 0.251 e. The molecule has 1 N–H and O–H groups in total. The molecule has 3 saturated heterocycles. The molecule has 0 aromatic heterocycles. The molecule has 3 heterocycles. The Balaban J connectivity index is 1.45. The van der Waals surface area contributed by atoms with Gasteiger partial charge in [0.05, 0.1) is 29.2 Å². The van der Waals surface area contributed by atoms with Gasteiger partial charge in [-0.3, -0.25) is 14.4 Å². The monoisotopic (exact) mass is 637 g/mol.